The van der Waals surface area contributed by atoms with E-state index >= 15 is 0 Å². The zero-order valence-corrected chi connectivity index (χ0v) is 17.1. The summed E-state index contributed by atoms with van der Waals surface area (Å²) < 4.78 is 37.7. The summed E-state index contributed by atoms with van der Waals surface area (Å²) in [6, 6.07) is 14.4. The predicted octanol–water partition coefficient (Wildman–Crippen LogP) is 2.61. The highest BCUT2D eigenvalue weighted by Gasteiger charge is 2.16. The van der Waals surface area contributed by atoms with Gasteiger partial charge in [0.05, 0.1) is 12.0 Å². The molecule has 3 rings (SSSR count). The number of amides is 1. The summed E-state index contributed by atoms with van der Waals surface area (Å²) in [5.74, 6) is 0.540. The molecule has 0 spiro atoms. The summed E-state index contributed by atoms with van der Waals surface area (Å²) in [6.45, 7) is 1.76. The molecular weight excluding hydrogens is 408 g/mol. The number of sulfonamides is 1. The second-order valence-corrected chi connectivity index (χ2v) is 7.91. The molecule has 1 aromatic heterocycles. The molecule has 10 heteroatoms. The third kappa shape index (κ3) is 5.67. The van der Waals surface area contributed by atoms with Gasteiger partial charge < -0.3 is 14.8 Å². The number of hydrogen-bond acceptors (Lipinski definition) is 7. The van der Waals surface area contributed by atoms with Crippen molar-refractivity contribution in [1.29, 1.82) is 0 Å². The van der Waals surface area contributed by atoms with Gasteiger partial charge in [-0.25, -0.2) is 18.4 Å². The van der Waals surface area contributed by atoms with Crippen molar-refractivity contribution < 1.29 is 22.7 Å². The monoisotopic (exact) mass is 428 g/mol. The van der Waals surface area contributed by atoms with Crippen LogP contribution in [0.4, 0.5) is 11.5 Å². The number of hydrogen-bond donors (Lipinski definition) is 2. The lowest BCUT2D eigenvalue weighted by Crippen LogP contribution is -2.20. The summed E-state index contributed by atoms with van der Waals surface area (Å²) >= 11 is 0. The van der Waals surface area contributed by atoms with Gasteiger partial charge in [-0.2, -0.15) is 0 Å². The van der Waals surface area contributed by atoms with Crippen molar-refractivity contribution in [3.05, 3.63) is 66.5 Å². The van der Waals surface area contributed by atoms with E-state index in [2.05, 4.69) is 20.0 Å². The lowest BCUT2D eigenvalue weighted by Gasteiger charge is -2.10. The van der Waals surface area contributed by atoms with Gasteiger partial charge in [-0.1, -0.05) is 12.1 Å². The average molecular weight is 428 g/mol. The van der Waals surface area contributed by atoms with Crippen molar-refractivity contribution >= 4 is 27.4 Å². The number of ether oxygens (including phenoxy) is 2. The molecule has 0 fully saturated rings. The number of nitrogens with zero attached hydrogens (tertiary/aromatic N) is 2. The van der Waals surface area contributed by atoms with Crippen LogP contribution in [0.25, 0.3) is 0 Å². The zero-order valence-electron chi connectivity index (χ0n) is 16.3. The second kappa shape index (κ2) is 9.23. The molecule has 0 aliphatic rings. The van der Waals surface area contributed by atoms with E-state index in [1.165, 1.54) is 43.8 Å². The zero-order chi connectivity index (χ0) is 21.6. The normalized spacial score (nSPS) is 10.9. The van der Waals surface area contributed by atoms with Gasteiger partial charge >= 0.3 is 0 Å². The van der Waals surface area contributed by atoms with Crippen LogP contribution in [0.3, 0.4) is 0 Å². The molecule has 9 nitrogen and oxygen atoms in total. The molecule has 0 unspecified atom stereocenters. The molecule has 0 aliphatic carbocycles. The van der Waals surface area contributed by atoms with Gasteiger partial charge in [-0.3, -0.25) is 9.52 Å². The molecule has 3 aromatic rings. The smallest absolute Gasteiger partial charge is 0.263 e. The highest BCUT2D eigenvalue weighted by molar-refractivity contribution is 7.92. The molecule has 0 radical (unpaired) electrons. The van der Waals surface area contributed by atoms with E-state index in [0.717, 1.165) is 5.56 Å². The van der Waals surface area contributed by atoms with Crippen molar-refractivity contribution in [2.45, 2.75) is 11.8 Å². The first kappa shape index (κ1) is 21.1. The topological polar surface area (TPSA) is 120 Å². The molecule has 2 aromatic carbocycles. The number of benzene rings is 2. The van der Waals surface area contributed by atoms with E-state index in [1.54, 1.807) is 6.07 Å². The summed E-state index contributed by atoms with van der Waals surface area (Å²) in [5.41, 5.74) is 1.47. The van der Waals surface area contributed by atoms with E-state index < -0.39 is 10.0 Å². The first-order valence-corrected chi connectivity index (χ1v) is 10.3. The molecule has 0 bridgehead atoms. The average Bonchev–Trinajstić information content (AvgIpc) is 2.72. The Balaban J connectivity index is 1.60. The number of aromatic nitrogens is 2. The maximum absolute atomic E-state index is 12.5. The lowest BCUT2D eigenvalue weighted by atomic mass is 10.2. The molecule has 0 aliphatic heterocycles. The van der Waals surface area contributed by atoms with E-state index in [0.29, 0.717) is 11.4 Å². The Labute approximate surface area is 174 Å². The highest BCUT2D eigenvalue weighted by Crippen LogP contribution is 2.19. The summed E-state index contributed by atoms with van der Waals surface area (Å²) in [6.07, 6.45) is 1.19. The van der Waals surface area contributed by atoms with Crippen molar-refractivity contribution in [3.8, 4) is 11.6 Å². The van der Waals surface area contributed by atoms with Crippen LogP contribution in [0, 0.1) is 6.92 Å². The Kier molecular flexibility index (Phi) is 6.48. The SMILES string of the molecule is COc1cc(NS(=O)(=O)c2ccc(NC(=O)COc3cccc(C)c3)cc2)ncn1. The molecule has 30 heavy (non-hydrogen) atoms. The molecular formula is C20H20N4O5S. The van der Waals surface area contributed by atoms with Crippen LogP contribution in [0.2, 0.25) is 0 Å². The van der Waals surface area contributed by atoms with Crippen molar-refractivity contribution in [2.75, 3.05) is 23.8 Å². The van der Waals surface area contributed by atoms with E-state index in [-0.39, 0.29) is 29.1 Å². The quantitative estimate of drug-likeness (QED) is 0.566. The minimum absolute atomic E-state index is 0.00842. The Hall–Kier alpha value is -3.66. The molecule has 0 saturated carbocycles. The molecule has 2 N–H and O–H groups in total. The van der Waals surface area contributed by atoms with E-state index in [9.17, 15) is 13.2 Å². The van der Waals surface area contributed by atoms with Gasteiger partial charge in [0.1, 0.15) is 17.9 Å². The van der Waals surface area contributed by atoms with Crippen molar-refractivity contribution in [1.82, 2.24) is 9.97 Å². The maximum Gasteiger partial charge on any atom is 0.263 e. The van der Waals surface area contributed by atoms with Crippen LogP contribution >= 0.6 is 0 Å². The minimum Gasteiger partial charge on any atom is -0.484 e. The summed E-state index contributed by atoms with van der Waals surface area (Å²) in [5, 5.41) is 2.65. The fourth-order valence-corrected chi connectivity index (χ4v) is 3.47. The number of nitrogens with one attached hydrogen (secondary N) is 2. The fraction of sp³-hybridized carbons (Fsp3) is 0.150. The van der Waals surface area contributed by atoms with E-state index in [1.807, 2.05) is 25.1 Å². The van der Waals surface area contributed by atoms with Gasteiger partial charge in [0.15, 0.2) is 6.61 Å². The standard InChI is InChI=1S/C20H20N4O5S/c1-14-4-3-5-16(10-14)29-12-19(25)23-15-6-8-17(9-7-15)30(26,27)24-18-11-20(28-2)22-13-21-18/h3-11,13H,12H2,1-2H3,(H,23,25)(H,21,22,24). The van der Waals surface area contributed by atoms with E-state index in [4.69, 9.17) is 9.47 Å². The molecule has 1 amide bonds. The molecule has 0 saturated heterocycles. The molecule has 0 atom stereocenters. The summed E-state index contributed by atoms with van der Waals surface area (Å²) in [4.78, 5) is 19.7. The lowest BCUT2D eigenvalue weighted by molar-refractivity contribution is -0.118. The van der Waals surface area contributed by atoms with Gasteiger partial charge in [0, 0.05) is 11.8 Å². The van der Waals surface area contributed by atoms with Crippen LogP contribution in [0.1, 0.15) is 5.56 Å². The largest absolute Gasteiger partial charge is 0.484 e. The second-order valence-electron chi connectivity index (χ2n) is 6.23. The Morgan fingerprint density at radius 1 is 1.07 bits per heavy atom. The van der Waals surface area contributed by atoms with Gasteiger partial charge in [0.25, 0.3) is 15.9 Å². The molecule has 156 valence electrons. The van der Waals surface area contributed by atoms with Crippen molar-refractivity contribution in [2.24, 2.45) is 0 Å². The predicted molar refractivity (Wildman–Crippen MR) is 111 cm³/mol. The van der Waals surface area contributed by atoms with Crippen molar-refractivity contribution in [3.63, 3.8) is 0 Å². The maximum atomic E-state index is 12.5. The first-order chi connectivity index (χ1) is 14.4. The van der Waals surface area contributed by atoms with Gasteiger partial charge in [-0.15, -0.1) is 0 Å². The third-order valence-corrected chi connectivity index (χ3v) is 5.27. The van der Waals surface area contributed by atoms with Crippen LogP contribution < -0.4 is 19.5 Å². The number of anilines is 2. The fourth-order valence-electron chi connectivity index (χ4n) is 2.47. The number of methoxy groups -OCH3 is 1. The first-order valence-electron chi connectivity index (χ1n) is 8.84. The Morgan fingerprint density at radius 3 is 2.53 bits per heavy atom. The minimum atomic E-state index is -3.87. The Bertz CT molecular complexity index is 1130. The van der Waals surface area contributed by atoms with Crippen LogP contribution in [-0.4, -0.2) is 38.0 Å². The number of carbonyl (C=O) groups is 1. The van der Waals surface area contributed by atoms with Crippen LogP contribution in [0.15, 0.2) is 65.8 Å². The van der Waals surface area contributed by atoms with Gasteiger partial charge in [0.2, 0.25) is 5.88 Å². The third-order valence-electron chi connectivity index (χ3n) is 3.90. The molecule has 1 heterocycles. The number of rotatable bonds is 8. The number of carbonyl (C=O) groups excluding carboxylic acids is 1. The number of aryl methyl sites for hydroxylation is 1. The summed E-state index contributed by atoms with van der Waals surface area (Å²) in [7, 11) is -2.45. The Morgan fingerprint density at radius 2 is 1.83 bits per heavy atom. The van der Waals surface area contributed by atoms with Gasteiger partial charge in [-0.05, 0) is 48.9 Å². The van der Waals surface area contributed by atoms with Crippen LogP contribution in [-0.2, 0) is 14.8 Å². The highest BCUT2D eigenvalue weighted by atomic mass is 32.2. The van der Waals surface area contributed by atoms with Crippen LogP contribution in [0.5, 0.6) is 11.6 Å².